The van der Waals surface area contributed by atoms with Crippen LogP contribution in [0.15, 0.2) is 16.6 Å². The number of hydrogen-bond acceptors (Lipinski definition) is 2. The molecular formula is C11H14BrClFNO. The highest BCUT2D eigenvalue weighted by molar-refractivity contribution is 9.10. The molecule has 1 N–H and O–H groups in total. The lowest BCUT2D eigenvalue weighted by molar-refractivity contribution is 0.164. The van der Waals surface area contributed by atoms with Crippen molar-refractivity contribution < 1.29 is 9.13 Å². The van der Waals surface area contributed by atoms with Crippen molar-refractivity contribution in [3.63, 3.8) is 0 Å². The predicted molar refractivity (Wildman–Crippen MR) is 68.6 cm³/mol. The first-order chi connectivity index (χ1) is 7.54. The highest BCUT2D eigenvalue weighted by atomic mass is 79.9. The van der Waals surface area contributed by atoms with Crippen molar-refractivity contribution in [3.8, 4) is 0 Å². The van der Waals surface area contributed by atoms with E-state index in [0.717, 1.165) is 6.54 Å². The fourth-order valence-electron chi connectivity index (χ4n) is 1.33. The Bertz CT molecular complexity index is 339. The van der Waals surface area contributed by atoms with Gasteiger partial charge in [0, 0.05) is 18.1 Å². The minimum absolute atomic E-state index is 0.354. The van der Waals surface area contributed by atoms with Crippen LogP contribution in [-0.4, -0.2) is 20.3 Å². The van der Waals surface area contributed by atoms with E-state index in [1.807, 2.05) is 0 Å². The summed E-state index contributed by atoms with van der Waals surface area (Å²) in [7, 11) is 1.66. The van der Waals surface area contributed by atoms with Crippen LogP contribution < -0.4 is 5.32 Å². The van der Waals surface area contributed by atoms with Gasteiger partial charge in [0.15, 0.2) is 0 Å². The van der Waals surface area contributed by atoms with Gasteiger partial charge in [0.25, 0.3) is 0 Å². The molecule has 0 saturated heterocycles. The van der Waals surface area contributed by atoms with E-state index in [0.29, 0.717) is 27.7 Å². The topological polar surface area (TPSA) is 21.3 Å². The first-order valence-corrected chi connectivity index (χ1v) is 6.09. The van der Waals surface area contributed by atoms with Crippen molar-refractivity contribution in [1.29, 1.82) is 0 Å². The zero-order chi connectivity index (χ0) is 12.1. The van der Waals surface area contributed by atoms with E-state index >= 15 is 0 Å². The Kier molecular flexibility index (Phi) is 5.52. The van der Waals surface area contributed by atoms with E-state index in [1.165, 1.54) is 12.1 Å². The number of halogens is 3. The number of anilines is 1. The lowest BCUT2D eigenvalue weighted by Crippen LogP contribution is -2.16. The van der Waals surface area contributed by atoms with Crippen molar-refractivity contribution in [2.45, 2.75) is 6.92 Å². The maximum absolute atomic E-state index is 13.0. The summed E-state index contributed by atoms with van der Waals surface area (Å²) < 4.78 is 18.6. The number of ether oxygens (including phenoxy) is 1. The molecule has 0 aliphatic heterocycles. The number of nitrogens with one attached hydrogen (secondary N) is 1. The monoisotopic (exact) mass is 309 g/mol. The molecule has 0 aliphatic carbocycles. The van der Waals surface area contributed by atoms with Crippen LogP contribution in [0.3, 0.4) is 0 Å². The Labute approximate surface area is 108 Å². The van der Waals surface area contributed by atoms with Gasteiger partial charge in [-0.3, -0.25) is 0 Å². The Morgan fingerprint density at radius 1 is 1.56 bits per heavy atom. The van der Waals surface area contributed by atoms with Gasteiger partial charge in [-0.25, -0.2) is 4.39 Å². The van der Waals surface area contributed by atoms with Gasteiger partial charge in [0.1, 0.15) is 5.82 Å². The minimum atomic E-state index is -0.354. The van der Waals surface area contributed by atoms with Gasteiger partial charge < -0.3 is 10.1 Å². The lowest BCUT2D eigenvalue weighted by Gasteiger charge is -2.15. The van der Waals surface area contributed by atoms with Crippen LogP contribution in [0.1, 0.15) is 6.92 Å². The van der Waals surface area contributed by atoms with Gasteiger partial charge in [-0.05, 0) is 34.0 Å². The molecule has 1 aromatic carbocycles. The largest absolute Gasteiger partial charge is 0.384 e. The van der Waals surface area contributed by atoms with Crippen LogP contribution in [0.2, 0.25) is 5.02 Å². The van der Waals surface area contributed by atoms with Crippen molar-refractivity contribution in [2.24, 2.45) is 5.92 Å². The molecule has 0 spiro atoms. The van der Waals surface area contributed by atoms with Crippen LogP contribution >= 0.6 is 27.5 Å². The first-order valence-electron chi connectivity index (χ1n) is 4.92. The average Bonchev–Trinajstić information content (AvgIpc) is 2.16. The third-order valence-electron chi connectivity index (χ3n) is 2.09. The highest BCUT2D eigenvalue weighted by Crippen LogP contribution is 2.31. The van der Waals surface area contributed by atoms with E-state index in [-0.39, 0.29) is 5.82 Å². The van der Waals surface area contributed by atoms with Crippen LogP contribution in [0.4, 0.5) is 10.1 Å². The van der Waals surface area contributed by atoms with Crippen molar-refractivity contribution in [3.05, 3.63) is 27.4 Å². The summed E-state index contributed by atoms with van der Waals surface area (Å²) in [5.41, 5.74) is 0.714. The molecule has 0 aliphatic rings. The average molecular weight is 311 g/mol. The number of methoxy groups -OCH3 is 1. The van der Waals surface area contributed by atoms with Gasteiger partial charge in [-0.2, -0.15) is 0 Å². The minimum Gasteiger partial charge on any atom is -0.384 e. The molecule has 90 valence electrons. The molecule has 0 radical (unpaired) electrons. The van der Waals surface area contributed by atoms with Gasteiger partial charge in [0.2, 0.25) is 0 Å². The number of benzene rings is 1. The molecular weight excluding hydrogens is 296 g/mol. The Morgan fingerprint density at radius 3 is 2.81 bits per heavy atom. The van der Waals surface area contributed by atoms with Crippen LogP contribution in [0.25, 0.3) is 0 Å². The van der Waals surface area contributed by atoms with Crippen molar-refractivity contribution >= 4 is 33.2 Å². The van der Waals surface area contributed by atoms with Gasteiger partial charge in [-0.15, -0.1) is 0 Å². The summed E-state index contributed by atoms with van der Waals surface area (Å²) in [6.07, 6.45) is 0. The van der Waals surface area contributed by atoms with Gasteiger partial charge >= 0.3 is 0 Å². The van der Waals surface area contributed by atoms with Crippen LogP contribution in [-0.2, 0) is 4.74 Å². The zero-order valence-electron chi connectivity index (χ0n) is 9.19. The quantitative estimate of drug-likeness (QED) is 0.889. The second-order valence-corrected chi connectivity index (χ2v) is 4.95. The molecule has 1 atom stereocenters. The van der Waals surface area contributed by atoms with E-state index in [1.54, 1.807) is 7.11 Å². The SMILES string of the molecule is COCC(C)CNc1c(Cl)cc(F)cc1Br. The highest BCUT2D eigenvalue weighted by Gasteiger charge is 2.09. The molecule has 0 fully saturated rings. The molecule has 5 heteroatoms. The molecule has 0 aromatic heterocycles. The summed E-state index contributed by atoms with van der Waals surface area (Å²) in [5, 5.41) is 3.54. The fraction of sp³-hybridized carbons (Fsp3) is 0.455. The molecule has 2 nitrogen and oxygen atoms in total. The van der Waals surface area contributed by atoms with Gasteiger partial charge in [-0.1, -0.05) is 18.5 Å². The maximum Gasteiger partial charge on any atom is 0.125 e. The second-order valence-electron chi connectivity index (χ2n) is 3.69. The van der Waals surface area contributed by atoms with E-state index in [4.69, 9.17) is 16.3 Å². The number of hydrogen-bond donors (Lipinski definition) is 1. The molecule has 1 rings (SSSR count). The molecule has 0 amide bonds. The normalized spacial score (nSPS) is 12.6. The third-order valence-corrected chi connectivity index (χ3v) is 3.01. The number of rotatable bonds is 5. The molecule has 0 heterocycles. The summed E-state index contributed by atoms with van der Waals surface area (Å²) >= 11 is 9.20. The Morgan fingerprint density at radius 2 is 2.25 bits per heavy atom. The summed E-state index contributed by atoms with van der Waals surface area (Å²) in [4.78, 5) is 0. The summed E-state index contributed by atoms with van der Waals surface area (Å²) in [6.45, 7) is 3.45. The molecule has 0 bridgehead atoms. The molecule has 1 aromatic rings. The first kappa shape index (κ1) is 13.7. The molecule has 0 saturated carbocycles. The Balaban J connectivity index is 2.67. The fourth-order valence-corrected chi connectivity index (χ4v) is 2.29. The molecule has 1 unspecified atom stereocenters. The third kappa shape index (κ3) is 3.92. The standard InChI is InChI=1S/C11H14BrClFNO/c1-7(6-16-2)5-15-11-9(12)3-8(14)4-10(11)13/h3-4,7,15H,5-6H2,1-2H3. The van der Waals surface area contributed by atoms with Crippen molar-refractivity contribution in [1.82, 2.24) is 0 Å². The lowest BCUT2D eigenvalue weighted by atomic mass is 10.2. The van der Waals surface area contributed by atoms with E-state index in [2.05, 4.69) is 28.2 Å². The maximum atomic E-state index is 13.0. The van der Waals surface area contributed by atoms with Crippen LogP contribution in [0, 0.1) is 11.7 Å². The summed E-state index contributed by atoms with van der Waals surface area (Å²) in [5.74, 6) is 0.00499. The predicted octanol–water partition coefficient (Wildman–Crippen LogP) is 3.94. The smallest absolute Gasteiger partial charge is 0.125 e. The van der Waals surface area contributed by atoms with E-state index in [9.17, 15) is 4.39 Å². The van der Waals surface area contributed by atoms with Crippen molar-refractivity contribution in [2.75, 3.05) is 25.6 Å². The van der Waals surface area contributed by atoms with Gasteiger partial charge in [0.05, 0.1) is 17.3 Å². The Hall–Kier alpha value is -0.320. The van der Waals surface area contributed by atoms with E-state index < -0.39 is 0 Å². The molecule has 16 heavy (non-hydrogen) atoms. The van der Waals surface area contributed by atoms with Crippen LogP contribution in [0.5, 0.6) is 0 Å². The second kappa shape index (κ2) is 6.42. The summed E-state index contributed by atoms with van der Waals surface area (Å²) in [6, 6.07) is 2.67. The zero-order valence-corrected chi connectivity index (χ0v) is 11.5.